The lowest BCUT2D eigenvalue weighted by molar-refractivity contribution is 0.0644. The highest BCUT2D eigenvalue weighted by atomic mass is 35.5. The summed E-state index contributed by atoms with van der Waals surface area (Å²) < 4.78 is 7.85. The van der Waals surface area contributed by atoms with Gasteiger partial charge < -0.3 is 14.4 Å². The molecule has 2 aromatic carbocycles. The maximum Gasteiger partial charge on any atom is 0.141 e. The topological polar surface area (TPSA) is 47.3 Å². The van der Waals surface area contributed by atoms with Crippen LogP contribution in [0.15, 0.2) is 42.5 Å². The van der Waals surface area contributed by atoms with Crippen LogP contribution in [0.5, 0.6) is 5.75 Å². The van der Waals surface area contributed by atoms with E-state index in [0.717, 1.165) is 27.4 Å². The first-order chi connectivity index (χ1) is 11.4. The van der Waals surface area contributed by atoms with Crippen molar-refractivity contribution in [3.05, 3.63) is 58.9 Å². The lowest BCUT2D eigenvalue weighted by atomic mass is 10.1. The molecule has 126 valence electrons. The number of halogens is 1. The van der Waals surface area contributed by atoms with Crippen LogP contribution < -0.4 is 4.74 Å². The fourth-order valence-electron chi connectivity index (χ4n) is 2.73. The molecule has 3 rings (SSSR count). The minimum absolute atomic E-state index is 0.477. The van der Waals surface area contributed by atoms with Gasteiger partial charge in [0.25, 0.3) is 0 Å². The Balaban J connectivity index is 1.82. The number of aromatic nitrogens is 2. The molecule has 0 spiro atoms. The Morgan fingerprint density at radius 2 is 1.96 bits per heavy atom. The molecule has 0 atom stereocenters. The Hall–Kier alpha value is -2.04. The van der Waals surface area contributed by atoms with E-state index in [0.29, 0.717) is 19.0 Å². The molecule has 3 aromatic rings. The van der Waals surface area contributed by atoms with Crippen molar-refractivity contribution in [3.8, 4) is 5.75 Å². The third-order valence-electron chi connectivity index (χ3n) is 3.91. The van der Waals surface area contributed by atoms with Gasteiger partial charge >= 0.3 is 0 Å². The van der Waals surface area contributed by atoms with Crippen molar-refractivity contribution in [2.75, 3.05) is 6.61 Å². The summed E-state index contributed by atoms with van der Waals surface area (Å²) in [4.78, 5) is 4.58. The SMILES string of the molecule is Cc1cc(OCCn2c(C(C)(C)O)nc3ccccc32)ccc1Cl. The van der Waals surface area contributed by atoms with Crippen LogP contribution in [0.1, 0.15) is 25.2 Å². The number of hydrogen-bond donors (Lipinski definition) is 1. The summed E-state index contributed by atoms with van der Waals surface area (Å²) in [7, 11) is 0. The molecule has 0 aliphatic rings. The largest absolute Gasteiger partial charge is 0.492 e. The molecule has 5 heteroatoms. The molecule has 24 heavy (non-hydrogen) atoms. The second-order valence-corrected chi connectivity index (χ2v) is 6.80. The van der Waals surface area contributed by atoms with Gasteiger partial charge in [-0.3, -0.25) is 0 Å². The van der Waals surface area contributed by atoms with E-state index in [1.807, 2.05) is 54.0 Å². The lowest BCUT2D eigenvalue weighted by Crippen LogP contribution is -2.23. The van der Waals surface area contributed by atoms with Crippen molar-refractivity contribution in [1.29, 1.82) is 0 Å². The summed E-state index contributed by atoms with van der Waals surface area (Å²) in [6, 6.07) is 13.5. The molecule has 0 aliphatic heterocycles. The molecular formula is C19H21ClN2O2. The zero-order valence-electron chi connectivity index (χ0n) is 14.1. The zero-order chi connectivity index (χ0) is 17.3. The van der Waals surface area contributed by atoms with Gasteiger partial charge in [0, 0.05) is 5.02 Å². The van der Waals surface area contributed by atoms with Crippen molar-refractivity contribution in [2.24, 2.45) is 0 Å². The Kier molecular flexibility index (Phi) is 4.52. The predicted molar refractivity (Wildman–Crippen MR) is 96.7 cm³/mol. The summed E-state index contributed by atoms with van der Waals surface area (Å²) in [6.07, 6.45) is 0. The number of ether oxygens (including phenoxy) is 1. The number of rotatable bonds is 5. The molecule has 1 aromatic heterocycles. The first-order valence-electron chi connectivity index (χ1n) is 7.93. The van der Waals surface area contributed by atoms with Crippen molar-refractivity contribution < 1.29 is 9.84 Å². The number of aryl methyl sites for hydroxylation is 1. The summed E-state index contributed by atoms with van der Waals surface area (Å²) in [6.45, 7) is 6.51. The molecule has 0 bridgehead atoms. The first-order valence-corrected chi connectivity index (χ1v) is 8.31. The van der Waals surface area contributed by atoms with Crippen LogP contribution in [0.4, 0.5) is 0 Å². The van der Waals surface area contributed by atoms with E-state index in [2.05, 4.69) is 4.98 Å². The molecule has 0 radical (unpaired) electrons. The maximum atomic E-state index is 10.4. The summed E-state index contributed by atoms with van der Waals surface area (Å²) >= 11 is 6.04. The Bertz CT molecular complexity index is 865. The highest BCUT2D eigenvalue weighted by Gasteiger charge is 2.24. The van der Waals surface area contributed by atoms with Gasteiger partial charge in [-0.2, -0.15) is 0 Å². The number of nitrogens with zero attached hydrogens (tertiary/aromatic N) is 2. The fraction of sp³-hybridized carbons (Fsp3) is 0.316. The van der Waals surface area contributed by atoms with E-state index in [9.17, 15) is 5.11 Å². The molecule has 4 nitrogen and oxygen atoms in total. The first kappa shape index (κ1) is 16.8. The molecule has 0 aliphatic carbocycles. The van der Waals surface area contributed by atoms with E-state index >= 15 is 0 Å². The van der Waals surface area contributed by atoms with Gasteiger partial charge in [0.05, 0.1) is 17.6 Å². The number of aliphatic hydroxyl groups is 1. The van der Waals surface area contributed by atoms with Gasteiger partial charge in [0.2, 0.25) is 0 Å². The van der Waals surface area contributed by atoms with Crippen LogP contribution in [0.25, 0.3) is 11.0 Å². The fourth-order valence-corrected chi connectivity index (χ4v) is 2.85. The standard InChI is InChI=1S/C19H21ClN2O2/c1-13-12-14(8-9-15(13)20)24-11-10-22-17-7-5-4-6-16(17)21-18(22)19(2,3)23/h4-9,12,23H,10-11H2,1-3H3. The van der Waals surface area contributed by atoms with Gasteiger partial charge in [0.15, 0.2) is 0 Å². The molecule has 1 heterocycles. The van der Waals surface area contributed by atoms with Gasteiger partial charge in [-0.15, -0.1) is 0 Å². The van der Waals surface area contributed by atoms with Crippen molar-refractivity contribution >= 4 is 22.6 Å². The van der Waals surface area contributed by atoms with Crippen LogP contribution in [0, 0.1) is 6.92 Å². The molecule has 0 saturated heterocycles. The Labute approximate surface area is 146 Å². The minimum atomic E-state index is -1.02. The van der Waals surface area contributed by atoms with Gasteiger partial charge in [-0.25, -0.2) is 4.98 Å². The van der Waals surface area contributed by atoms with Crippen LogP contribution in [0.3, 0.4) is 0 Å². The summed E-state index contributed by atoms with van der Waals surface area (Å²) in [5, 5.41) is 11.1. The third-order valence-corrected chi connectivity index (χ3v) is 4.34. The highest BCUT2D eigenvalue weighted by Crippen LogP contribution is 2.25. The highest BCUT2D eigenvalue weighted by molar-refractivity contribution is 6.31. The Morgan fingerprint density at radius 3 is 2.67 bits per heavy atom. The van der Waals surface area contributed by atoms with Crippen LogP contribution in [-0.4, -0.2) is 21.3 Å². The number of fused-ring (bicyclic) bond motifs is 1. The molecule has 0 fully saturated rings. The summed E-state index contributed by atoms with van der Waals surface area (Å²) in [5.74, 6) is 1.42. The number of benzene rings is 2. The maximum absolute atomic E-state index is 10.4. The quantitative estimate of drug-likeness (QED) is 0.750. The molecule has 0 saturated carbocycles. The van der Waals surface area contributed by atoms with E-state index in [1.165, 1.54) is 0 Å². The van der Waals surface area contributed by atoms with Gasteiger partial charge in [-0.1, -0.05) is 23.7 Å². The van der Waals surface area contributed by atoms with Gasteiger partial charge in [-0.05, 0) is 56.7 Å². The predicted octanol–water partition coefficient (Wildman–Crippen LogP) is 4.30. The van der Waals surface area contributed by atoms with Crippen LogP contribution in [-0.2, 0) is 12.1 Å². The molecular weight excluding hydrogens is 324 g/mol. The van der Waals surface area contributed by atoms with E-state index < -0.39 is 5.60 Å². The van der Waals surface area contributed by atoms with Gasteiger partial charge in [0.1, 0.15) is 23.8 Å². The average Bonchev–Trinajstić information content (AvgIpc) is 2.90. The normalized spacial score (nSPS) is 11.9. The molecule has 0 amide bonds. The van der Waals surface area contributed by atoms with E-state index in [4.69, 9.17) is 16.3 Å². The van der Waals surface area contributed by atoms with Crippen molar-refractivity contribution in [1.82, 2.24) is 9.55 Å². The second-order valence-electron chi connectivity index (χ2n) is 6.39. The summed E-state index contributed by atoms with van der Waals surface area (Å²) in [5.41, 5.74) is 1.83. The number of para-hydroxylation sites is 2. The number of imidazole rings is 1. The van der Waals surface area contributed by atoms with Crippen LogP contribution in [0.2, 0.25) is 5.02 Å². The molecule has 1 N–H and O–H groups in total. The van der Waals surface area contributed by atoms with Crippen molar-refractivity contribution in [3.63, 3.8) is 0 Å². The lowest BCUT2D eigenvalue weighted by Gasteiger charge is -2.19. The second kappa shape index (κ2) is 6.46. The monoisotopic (exact) mass is 344 g/mol. The zero-order valence-corrected chi connectivity index (χ0v) is 14.8. The van der Waals surface area contributed by atoms with E-state index in [-0.39, 0.29) is 0 Å². The smallest absolute Gasteiger partial charge is 0.141 e. The minimum Gasteiger partial charge on any atom is -0.492 e. The Morgan fingerprint density at radius 1 is 1.21 bits per heavy atom. The molecule has 0 unspecified atom stereocenters. The van der Waals surface area contributed by atoms with Crippen molar-refractivity contribution in [2.45, 2.75) is 32.9 Å². The average molecular weight is 345 g/mol. The number of hydrogen-bond acceptors (Lipinski definition) is 3. The third kappa shape index (κ3) is 3.40. The van der Waals surface area contributed by atoms with E-state index in [1.54, 1.807) is 13.8 Å². The van der Waals surface area contributed by atoms with Crippen LogP contribution >= 0.6 is 11.6 Å².